The monoisotopic (exact) mass is 215 g/mol. The number of unbranched alkanes of at least 4 members (excludes halogenated alkanes) is 2. The number of rotatable bonds is 9. The molecule has 0 amide bonds. The lowest BCUT2D eigenvalue weighted by Crippen LogP contribution is -2.42. The van der Waals surface area contributed by atoms with Gasteiger partial charge in [0.1, 0.15) is 0 Å². The molecule has 92 valence electrons. The Morgan fingerprint density at radius 1 is 1.13 bits per heavy atom. The molecule has 2 unspecified atom stereocenters. The fourth-order valence-electron chi connectivity index (χ4n) is 2.05. The molecule has 0 aromatic carbocycles. The summed E-state index contributed by atoms with van der Waals surface area (Å²) in [6, 6.07) is 0.511. The lowest BCUT2D eigenvalue weighted by molar-refractivity contribution is 0.00274. The molecule has 0 saturated carbocycles. The quantitative estimate of drug-likeness (QED) is 0.596. The largest absolute Gasteiger partial charge is 0.377 e. The Hall–Kier alpha value is -0.0800. The van der Waals surface area contributed by atoms with Crippen LogP contribution in [-0.4, -0.2) is 25.8 Å². The van der Waals surface area contributed by atoms with Crippen LogP contribution < -0.4 is 5.32 Å². The molecule has 0 aliphatic rings. The average Bonchev–Trinajstić information content (AvgIpc) is 2.22. The maximum atomic E-state index is 5.82. The Bertz CT molecular complexity index is 136. The summed E-state index contributed by atoms with van der Waals surface area (Å²) >= 11 is 0. The van der Waals surface area contributed by atoms with Gasteiger partial charge in [0.25, 0.3) is 0 Å². The van der Waals surface area contributed by atoms with Crippen molar-refractivity contribution in [2.45, 2.75) is 65.5 Å². The van der Waals surface area contributed by atoms with Crippen LogP contribution in [0.2, 0.25) is 0 Å². The van der Waals surface area contributed by atoms with Crippen molar-refractivity contribution in [3.05, 3.63) is 0 Å². The van der Waals surface area contributed by atoms with Gasteiger partial charge in [-0.25, -0.2) is 0 Å². The predicted molar refractivity (Wildman–Crippen MR) is 67.2 cm³/mol. The third-order valence-corrected chi connectivity index (χ3v) is 2.90. The van der Waals surface area contributed by atoms with Crippen molar-refractivity contribution < 1.29 is 4.74 Å². The van der Waals surface area contributed by atoms with Crippen molar-refractivity contribution in [2.75, 3.05) is 13.7 Å². The van der Waals surface area contributed by atoms with Crippen LogP contribution in [-0.2, 0) is 4.74 Å². The summed E-state index contributed by atoms with van der Waals surface area (Å²) in [5.41, 5.74) is 0. The maximum absolute atomic E-state index is 5.82. The summed E-state index contributed by atoms with van der Waals surface area (Å²) < 4.78 is 5.82. The number of likely N-dealkylation sites (N-methyl/N-ethyl adjacent to an activating group) is 1. The van der Waals surface area contributed by atoms with Crippen LogP contribution in [0, 0.1) is 5.92 Å². The van der Waals surface area contributed by atoms with E-state index in [4.69, 9.17) is 4.74 Å². The zero-order valence-corrected chi connectivity index (χ0v) is 11.2. The number of hydrogen-bond donors (Lipinski definition) is 1. The zero-order chi connectivity index (χ0) is 11.7. The molecule has 0 aliphatic carbocycles. The fourth-order valence-corrected chi connectivity index (χ4v) is 2.05. The van der Waals surface area contributed by atoms with E-state index in [9.17, 15) is 0 Å². The van der Waals surface area contributed by atoms with E-state index >= 15 is 0 Å². The van der Waals surface area contributed by atoms with Crippen LogP contribution in [0.15, 0.2) is 0 Å². The highest BCUT2D eigenvalue weighted by molar-refractivity contribution is 4.78. The molecule has 2 nitrogen and oxygen atoms in total. The van der Waals surface area contributed by atoms with Gasteiger partial charge in [-0.3, -0.25) is 0 Å². The Morgan fingerprint density at radius 2 is 1.80 bits per heavy atom. The van der Waals surface area contributed by atoms with Crippen LogP contribution in [0.5, 0.6) is 0 Å². The van der Waals surface area contributed by atoms with Crippen molar-refractivity contribution in [1.29, 1.82) is 0 Å². The molecule has 0 aliphatic heterocycles. The van der Waals surface area contributed by atoms with Crippen LogP contribution in [0.3, 0.4) is 0 Å². The van der Waals surface area contributed by atoms with Crippen molar-refractivity contribution in [3.63, 3.8) is 0 Å². The topological polar surface area (TPSA) is 21.3 Å². The van der Waals surface area contributed by atoms with E-state index in [1.165, 1.54) is 25.7 Å². The summed E-state index contributed by atoms with van der Waals surface area (Å²) in [7, 11) is 2.05. The molecule has 0 aromatic rings. The molecule has 0 bridgehead atoms. The molecular formula is C13H29NO. The summed E-state index contributed by atoms with van der Waals surface area (Å²) in [4.78, 5) is 0. The SMILES string of the molecule is CCCCCC(NC)C(OCC)C(C)C. The van der Waals surface area contributed by atoms with Gasteiger partial charge in [0, 0.05) is 12.6 Å². The fraction of sp³-hybridized carbons (Fsp3) is 1.00. The molecule has 0 spiro atoms. The van der Waals surface area contributed by atoms with E-state index in [1.54, 1.807) is 0 Å². The maximum Gasteiger partial charge on any atom is 0.0750 e. The van der Waals surface area contributed by atoms with Gasteiger partial charge in [0.2, 0.25) is 0 Å². The second-order valence-corrected chi connectivity index (χ2v) is 4.55. The van der Waals surface area contributed by atoms with E-state index in [-0.39, 0.29) is 0 Å². The molecule has 0 fully saturated rings. The first-order valence-corrected chi connectivity index (χ1v) is 6.46. The van der Waals surface area contributed by atoms with Gasteiger partial charge in [-0.2, -0.15) is 0 Å². The molecule has 2 heteroatoms. The lowest BCUT2D eigenvalue weighted by atomic mass is 9.95. The molecule has 0 radical (unpaired) electrons. The minimum atomic E-state index is 0.358. The molecular weight excluding hydrogens is 186 g/mol. The van der Waals surface area contributed by atoms with E-state index in [0.717, 1.165) is 6.61 Å². The van der Waals surface area contributed by atoms with Gasteiger partial charge < -0.3 is 10.1 Å². The van der Waals surface area contributed by atoms with Crippen LogP contribution in [0.4, 0.5) is 0 Å². The highest BCUT2D eigenvalue weighted by Crippen LogP contribution is 2.16. The van der Waals surface area contributed by atoms with Crippen molar-refractivity contribution in [3.8, 4) is 0 Å². The van der Waals surface area contributed by atoms with E-state index in [1.807, 2.05) is 7.05 Å². The van der Waals surface area contributed by atoms with E-state index < -0.39 is 0 Å². The summed E-state index contributed by atoms with van der Waals surface area (Å²) in [6.07, 6.45) is 5.51. The third-order valence-electron chi connectivity index (χ3n) is 2.90. The summed E-state index contributed by atoms with van der Waals surface area (Å²) in [5.74, 6) is 0.587. The Kier molecular flexibility index (Phi) is 9.12. The standard InChI is InChI=1S/C13H29NO/c1-6-8-9-10-12(14-5)13(11(3)4)15-7-2/h11-14H,6-10H2,1-5H3. The number of hydrogen-bond acceptors (Lipinski definition) is 2. The minimum absolute atomic E-state index is 0.358. The van der Waals surface area contributed by atoms with Gasteiger partial charge in [-0.15, -0.1) is 0 Å². The first kappa shape index (κ1) is 14.9. The van der Waals surface area contributed by atoms with Crippen molar-refractivity contribution in [1.82, 2.24) is 5.32 Å². The second kappa shape index (κ2) is 9.17. The van der Waals surface area contributed by atoms with E-state index in [0.29, 0.717) is 18.1 Å². The summed E-state index contributed by atoms with van der Waals surface area (Å²) in [5, 5.41) is 3.40. The Labute approximate surface area is 95.8 Å². The average molecular weight is 215 g/mol. The Balaban J connectivity index is 4.06. The number of ether oxygens (including phenoxy) is 1. The third kappa shape index (κ3) is 6.16. The van der Waals surface area contributed by atoms with Gasteiger partial charge in [-0.05, 0) is 26.3 Å². The molecule has 0 heterocycles. The molecule has 0 rings (SSSR count). The highest BCUT2D eigenvalue weighted by atomic mass is 16.5. The first-order chi connectivity index (χ1) is 7.17. The second-order valence-electron chi connectivity index (χ2n) is 4.55. The smallest absolute Gasteiger partial charge is 0.0750 e. The molecule has 15 heavy (non-hydrogen) atoms. The van der Waals surface area contributed by atoms with Gasteiger partial charge in [0.15, 0.2) is 0 Å². The highest BCUT2D eigenvalue weighted by Gasteiger charge is 2.22. The van der Waals surface area contributed by atoms with Crippen molar-refractivity contribution in [2.24, 2.45) is 5.92 Å². The molecule has 1 N–H and O–H groups in total. The predicted octanol–water partition coefficient (Wildman–Crippen LogP) is 3.22. The molecule has 0 saturated heterocycles. The van der Waals surface area contributed by atoms with Crippen LogP contribution in [0.25, 0.3) is 0 Å². The number of nitrogens with one attached hydrogen (secondary N) is 1. The molecule has 0 aromatic heterocycles. The van der Waals surface area contributed by atoms with Gasteiger partial charge in [0.05, 0.1) is 6.10 Å². The summed E-state index contributed by atoms with van der Waals surface area (Å²) in [6.45, 7) is 9.62. The zero-order valence-electron chi connectivity index (χ0n) is 11.2. The normalized spacial score (nSPS) is 15.6. The Morgan fingerprint density at radius 3 is 2.20 bits per heavy atom. The van der Waals surface area contributed by atoms with Crippen molar-refractivity contribution >= 4 is 0 Å². The molecule has 2 atom stereocenters. The van der Waals surface area contributed by atoms with Crippen LogP contribution >= 0.6 is 0 Å². The lowest BCUT2D eigenvalue weighted by Gasteiger charge is -2.29. The van der Waals surface area contributed by atoms with Gasteiger partial charge in [-0.1, -0.05) is 40.0 Å². The van der Waals surface area contributed by atoms with E-state index in [2.05, 4.69) is 33.0 Å². The first-order valence-electron chi connectivity index (χ1n) is 6.46. The minimum Gasteiger partial charge on any atom is -0.377 e. The van der Waals surface area contributed by atoms with Crippen LogP contribution in [0.1, 0.15) is 53.4 Å². The van der Waals surface area contributed by atoms with Gasteiger partial charge >= 0.3 is 0 Å².